The number of alkyl carbamates (subject to hydrolysis) is 1. The molecular weight excluding hydrogens is 260 g/mol. The van der Waals surface area contributed by atoms with E-state index in [1.165, 1.54) is 13.2 Å². The van der Waals surface area contributed by atoms with Crippen molar-refractivity contribution in [1.29, 1.82) is 0 Å². The molecule has 20 heavy (non-hydrogen) atoms. The number of benzene rings is 1. The van der Waals surface area contributed by atoms with Crippen molar-refractivity contribution >= 4 is 12.0 Å². The maximum Gasteiger partial charge on any atom is 0.407 e. The van der Waals surface area contributed by atoms with Gasteiger partial charge in [0.1, 0.15) is 5.75 Å². The van der Waals surface area contributed by atoms with Crippen LogP contribution in [0.15, 0.2) is 18.2 Å². The molecule has 1 aromatic rings. The number of hydrogen-bond donors (Lipinski definition) is 2. The van der Waals surface area contributed by atoms with E-state index in [4.69, 9.17) is 0 Å². The molecule has 0 aromatic heterocycles. The number of nitrogens with one attached hydrogen (secondary N) is 1. The SMILES string of the molecule is COC(=O)NC1CCN(C(=O)c2ccc(O)cc2C)C1. The van der Waals surface area contributed by atoms with Crippen LogP contribution in [0.4, 0.5) is 4.79 Å². The fourth-order valence-corrected chi connectivity index (χ4v) is 2.35. The fourth-order valence-electron chi connectivity index (χ4n) is 2.35. The highest BCUT2D eigenvalue weighted by Gasteiger charge is 2.28. The largest absolute Gasteiger partial charge is 0.508 e. The molecule has 6 nitrogen and oxygen atoms in total. The minimum atomic E-state index is -0.481. The number of aryl methyl sites for hydroxylation is 1. The van der Waals surface area contributed by atoms with Crippen molar-refractivity contribution in [2.75, 3.05) is 20.2 Å². The van der Waals surface area contributed by atoms with E-state index in [0.29, 0.717) is 25.1 Å². The summed E-state index contributed by atoms with van der Waals surface area (Å²) in [5, 5.41) is 12.1. The van der Waals surface area contributed by atoms with Gasteiger partial charge in [0.25, 0.3) is 5.91 Å². The lowest BCUT2D eigenvalue weighted by Crippen LogP contribution is -2.38. The van der Waals surface area contributed by atoms with E-state index in [1.54, 1.807) is 24.0 Å². The van der Waals surface area contributed by atoms with Gasteiger partial charge in [0, 0.05) is 18.7 Å². The van der Waals surface area contributed by atoms with Crippen molar-refractivity contribution in [2.45, 2.75) is 19.4 Å². The fraction of sp³-hybridized carbons (Fsp3) is 0.429. The van der Waals surface area contributed by atoms with Crippen LogP contribution < -0.4 is 5.32 Å². The molecule has 0 aliphatic carbocycles. The quantitative estimate of drug-likeness (QED) is 0.854. The van der Waals surface area contributed by atoms with E-state index in [1.807, 2.05) is 0 Å². The first-order chi connectivity index (χ1) is 9.51. The van der Waals surface area contributed by atoms with Gasteiger partial charge in [-0.15, -0.1) is 0 Å². The van der Waals surface area contributed by atoms with Crippen LogP contribution >= 0.6 is 0 Å². The van der Waals surface area contributed by atoms with Crippen LogP contribution in [0.2, 0.25) is 0 Å². The van der Waals surface area contributed by atoms with Gasteiger partial charge in [0.05, 0.1) is 13.2 Å². The summed E-state index contributed by atoms with van der Waals surface area (Å²) in [6.45, 7) is 2.84. The Bertz CT molecular complexity index is 530. The molecule has 0 radical (unpaired) electrons. The summed E-state index contributed by atoms with van der Waals surface area (Å²) in [5.74, 6) is 0.0578. The van der Waals surface area contributed by atoms with Gasteiger partial charge in [-0.1, -0.05) is 0 Å². The van der Waals surface area contributed by atoms with E-state index >= 15 is 0 Å². The van der Waals surface area contributed by atoms with Gasteiger partial charge < -0.3 is 20.1 Å². The number of aromatic hydroxyl groups is 1. The van der Waals surface area contributed by atoms with Crippen LogP contribution in [0.1, 0.15) is 22.3 Å². The van der Waals surface area contributed by atoms with Crippen molar-refractivity contribution in [3.63, 3.8) is 0 Å². The molecule has 0 saturated carbocycles. The number of carbonyl (C=O) groups is 2. The van der Waals surface area contributed by atoms with Gasteiger partial charge in [0.15, 0.2) is 0 Å². The Morgan fingerprint density at radius 3 is 2.85 bits per heavy atom. The Morgan fingerprint density at radius 2 is 2.20 bits per heavy atom. The highest BCUT2D eigenvalue weighted by Crippen LogP contribution is 2.20. The maximum absolute atomic E-state index is 12.4. The summed E-state index contributed by atoms with van der Waals surface area (Å²) in [4.78, 5) is 25.2. The van der Waals surface area contributed by atoms with E-state index in [0.717, 1.165) is 5.56 Å². The number of phenolic OH excluding ortho intramolecular Hbond substituents is 1. The van der Waals surface area contributed by atoms with E-state index in [9.17, 15) is 14.7 Å². The van der Waals surface area contributed by atoms with E-state index in [2.05, 4.69) is 10.1 Å². The number of phenols is 1. The number of methoxy groups -OCH3 is 1. The molecule has 2 N–H and O–H groups in total. The molecule has 6 heteroatoms. The lowest BCUT2D eigenvalue weighted by molar-refractivity contribution is 0.0787. The van der Waals surface area contributed by atoms with Gasteiger partial charge in [-0.05, 0) is 37.1 Å². The van der Waals surface area contributed by atoms with Gasteiger partial charge in [0.2, 0.25) is 0 Å². The Kier molecular flexibility index (Phi) is 4.12. The summed E-state index contributed by atoms with van der Waals surface area (Å²) < 4.78 is 4.54. The van der Waals surface area contributed by atoms with Crippen molar-refractivity contribution in [2.24, 2.45) is 0 Å². The lowest BCUT2D eigenvalue weighted by atomic mass is 10.1. The predicted octanol–water partition coefficient (Wildman–Crippen LogP) is 1.27. The maximum atomic E-state index is 12.4. The van der Waals surface area contributed by atoms with Gasteiger partial charge >= 0.3 is 6.09 Å². The van der Waals surface area contributed by atoms with E-state index in [-0.39, 0.29) is 17.7 Å². The van der Waals surface area contributed by atoms with Crippen LogP contribution in [-0.2, 0) is 4.74 Å². The van der Waals surface area contributed by atoms with Gasteiger partial charge in [-0.2, -0.15) is 0 Å². The highest BCUT2D eigenvalue weighted by molar-refractivity contribution is 5.96. The van der Waals surface area contributed by atoms with Crippen LogP contribution in [-0.4, -0.2) is 48.2 Å². The van der Waals surface area contributed by atoms with Crippen molar-refractivity contribution in [1.82, 2.24) is 10.2 Å². The second-order valence-corrected chi connectivity index (χ2v) is 4.87. The zero-order chi connectivity index (χ0) is 14.7. The number of nitrogens with zero attached hydrogens (tertiary/aromatic N) is 1. The Balaban J connectivity index is 2.02. The van der Waals surface area contributed by atoms with Gasteiger partial charge in [-0.25, -0.2) is 4.79 Å². The summed E-state index contributed by atoms with van der Waals surface area (Å²) in [7, 11) is 1.31. The average Bonchev–Trinajstić information content (AvgIpc) is 2.86. The van der Waals surface area contributed by atoms with Crippen molar-refractivity contribution in [3.05, 3.63) is 29.3 Å². The van der Waals surface area contributed by atoms with Crippen LogP contribution in [0.3, 0.4) is 0 Å². The normalized spacial score (nSPS) is 17.9. The number of carbonyl (C=O) groups excluding carboxylic acids is 2. The third kappa shape index (κ3) is 3.01. The standard InChI is InChI=1S/C14H18N2O4/c1-9-7-11(17)3-4-12(9)13(18)16-6-5-10(8-16)15-14(19)20-2/h3-4,7,10,17H,5-6,8H2,1-2H3,(H,15,19). The summed E-state index contributed by atoms with van der Waals surface area (Å²) in [5.41, 5.74) is 1.31. The predicted molar refractivity (Wildman–Crippen MR) is 72.7 cm³/mol. The lowest BCUT2D eigenvalue weighted by Gasteiger charge is -2.18. The third-order valence-electron chi connectivity index (χ3n) is 3.42. The van der Waals surface area contributed by atoms with Gasteiger partial charge in [-0.3, -0.25) is 4.79 Å². The molecule has 1 atom stereocenters. The second-order valence-electron chi connectivity index (χ2n) is 4.87. The summed E-state index contributed by atoms with van der Waals surface area (Å²) in [6, 6.07) is 4.60. The van der Waals surface area contributed by atoms with Crippen molar-refractivity contribution in [3.8, 4) is 5.75 Å². The molecule has 0 bridgehead atoms. The number of hydrogen-bond acceptors (Lipinski definition) is 4. The topological polar surface area (TPSA) is 78.9 Å². The molecule has 1 fully saturated rings. The molecule has 1 saturated heterocycles. The Morgan fingerprint density at radius 1 is 1.45 bits per heavy atom. The molecule has 1 unspecified atom stereocenters. The molecule has 108 valence electrons. The number of amides is 2. The molecule has 1 heterocycles. The molecule has 1 aliphatic rings. The Labute approximate surface area is 117 Å². The first kappa shape index (κ1) is 14.2. The number of likely N-dealkylation sites (tertiary alicyclic amines) is 1. The second kappa shape index (κ2) is 5.81. The van der Waals surface area contributed by atoms with E-state index < -0.39 is 6.09 Å². The first-order valence-electron chi connectivity index (χ1n) is 6.44. The minimum Gasteiger partial charge on any atom is -0.508 e. The molecule has 2 amide bonds. The highest BCUT2D eigenvalue weighted by atomic mass is 16.5. The minimum absolute atomic E-state index is 0.0798. The van der Waals surface area contributed by atoms with Crippen LogP contribution in [0.25, 0.3) is 0 Å². The monoisotopic (exact) mass is 278 g/mol. The molecule has 0 spiro atoms. The zero-order valence-corrected chi connectivity index (χ0v) is 11.5. The first-order valence-corrected chi connectivity index (χ1v) is 6.44. The summed E-state index contributed by atoms with van der Waals surface area (Å²) >= 11 is 0. The van der Waals surface area contributed by atoms with Crippen LogP contribution in [0, 0.1) is 6.92 Å². The Hall–Kier alpha value is -2.24. The smallest absolute Gasteiger partial charge is 0.407 e. The summed E-state index contributed by atoms with van der Waals surface area (Å²) in [6.07, 6.45) is 0.225. The zero-order valence-electron chi connectivity index (χ0n) is 11.5. The molecular formula is C14H18N2O4. The van der Waals surface area contributed by atoms with Crippen LogP contribution in [0.5, 0.6) is 5.75 Å². The molecule has 2 rings (SSSR count). The van der Waals surface area contributed by atoms with Crippen molar-refractivity contribution < 1.29 is 19.4 Å². The third-order valence-corrected chi connectivity index (χ3v) is 3.42. The molecule has 1 aliphatic heterocycles. The molecule has 1 aromatic carbocycles. The number of rotatable bonds is 2. The average molecular weight is 278 g/mol. The number of ether oxygens (including phenoxy) is 1.